The number of rotatable bonds is 6. The van der Waals surface area contributed by atoms with Crippen molar-refractivity contribution in [3.05, 3.63) is 108 Å². The van der Waals surface area contributed by atoms with E-state index in [0.29, 0.717) is 11.1 Å². The number of nitrogens with zero attached hydrogens (tertiary/aromatic N) is 1. The lowest BCUT2D eigenvalue weighted by Gasteiger charge is -2.21. The third kappa shape index (κ3) is 7.54. The minimum Gasteiger partial charge on any atom is -0.368 e. The second-order valence-corrected chi connectivity index (χ2v) is 6.19. The summed E-state index contributed by atoms with van der Waals surface area (Å²) in [6.07, 6.45) is -2.59. The van der Waals surface area contributed by atoms with E-state index in [4.69, 9.17) is 5.73 Å². The molecule has 0 saturated heterocycles. The van der Waals surface area contributed by atoms with E-state index in [9.17, 15) is 18.4 Å². The summed E-state index contributed by atoms with van der Waals surface area (Å²) in [5.41, 5.74) is 5.97. The predicted molar refractivity (Wildman–Crippen MR) is 108 cm³/mol. The third-order valence-electron chi connectivity index (χ3n) is 3.90. The van der Waals surface area contributed by atoms with E-state index < -0.39 is 12.3 Å². The van der Waals surface area contributed by atoms with E-state index in [0.717, 1.165) is 0 Å². The Morgan fingerprint density at radius 3 is 1.90 bits per heavy atom. The first-order valence-electron chi connectivity index (χ1n) is 8.97. The van der Waals surface area contributed by atoms with E-state index >= 15 is 0 Å². The summed E-state index contributed by atoms with van der Waals surface area (Å²) in [7, 11) is 0. The third-order valence-corrected chi connectivity index (χ3v) is 3.90. The number of hydrogen-bond acceptors (Lipinski definition) is 2. The van der Waals surface area contributed by atoms with E-state index in [1.165, 1.54) is 23.1 Å². The fourth-order valence-electron chi connectivity index (χ4n) is 2.58. The lowest BCUT2D eigenvalue weighted by molar-refractivity contribution is -0.118. The summed E-state index contributed by atoms with van der Waals surface area (Å²) in [5, 5.41) is 0. The Morgan fingerprint density at radius 1 is 0.828 bits per heavy atom. The molecule has 3 rings (SSSR count). The molecule has 6 heteroatoms. The molecule has 0 radical (unpaired) electrons. The molecule has 0 heterocycles. The highest BCUT2D eigenvalue weighted by molar-refractivity contribution is 5.96. The van der Waals surface area contributed by atoms with Crippen LogP contribution < -0.4 is 5.73 Å². The smallest absolute Gasteiger partial charge is 0.263 e. The Hall–Kier alpha value is -3.54. The SMILES string of the molecule is NC(=O)CN(Cc1cccc(C(F)F)c1)C(=O)c1ccccc1.c1ccccc1. The molecular formula is C23H22F2N2O2. The highest BCUT2D eigenvalue weighted by Gasteiger charge is 2.18. The van der Waals surface area contributed by atoms with Gasteiger partial charge in [0.1, 0.15) is 0 Å². The lowest BCUT2D eigenvalue weighted by atomic mass is 10.1. The van der Waals surface area contributed by atoms with Crippen molar-refractivity contribution in [2.24, 2.45) is 5.73 Å². The van der Waals surface area contributed by atoms with Crippen molar-refractivity contribution in [1.29, 1.82) is 0 Å². The molecule has 2 amide bonds. The number of carbonyl (C=O) groups excluding carboxylic acids is 2. The average Bonchev–Trinajstić information content (AvgIpc) is 2.75. The minimum absolute atomic E-state index is 0.0250. The molecule has 0 bridgehead atoms. The lowest BCUT2D eigenvalue weighted by Crippen LogP contribution is -2.38. The normalized spacial score (nSPS) is 10.0. The molecule has 4 nitrogen and oxygen atoms in total. The maximum absolute atomic E-state index is 12.8. The number of benzene rings is 3. The zero-order valence-electron chi connectivity index (χ0n) is 15.7. The number of hydrogen-bond donors (Lipinski definition) is 1. The van der Waals surface area contributed by atoms with Crippen molar-refractivity contribution < 1.29 is 18.4 Å². The molecule has 0 atom stereocenters. The van der Waals surface area contributed by atoms with Crippen LogP contribution in [-0.4, -0.2) is 23.3 Å². The van der Waals surface area contributed by atoms with Crippen LogP contribution in [0.1, 0.15) is 27.9 Å². The topological polar surface area (TPSA) is 63.4 Å². The van der Waals surface area contributed by atoms with Gasteiger partial charge in [-0.3, -0.25) is 9.59 Å². The fourth-order valence-corrected chi connectivity index (χ4v) is 2.58. The zero-order valence-corrected chi connectivity index (χ0v) is 15.7. The summed E-state index contributed by atoms with van der Waals surface area (Å²) in [6.45, 7) is -0.260. The maximum Gasteiger partial charge on any atom is 0.263 e. The Morgan fingerprint density at radius 2 is 1.38 bits per heavy atom. The van der Waals surface area contributed by atoms with Gasteiger partial charge in [-0.1, -0.05) is 72.8 Å². The molecule has 29 heavy (non-hydrogen) atoms. The quantitative estimate of drug-likeness (QED) is 0.670. The Labute approximate surface area is 168 Å². The highest BCUT2D eigenvalue weighted by Crippen LogP contribution is 2.20. The van der Waals surface area contributed by atoms with E-state index in [2.05, 4.69) is 0 Å². The van der Waals surface area contributed by atoms with E-state index in [-0.39, 0.29) is 24.6 Å². The van der Waals surface area contributed by atoms with Gasteiger partial charge in [-0.05, 0) is 23.8 Å². The van der Waals surface area contributed by atoms with Crippen LogP contribution >= 0.6 is 0 Å². The molecule has 0 fully saturated rings. The molecule has 0 aliphatic heterocycles. The van der Waals surface area contributed by atoms with E-state index in [1.807, 2.05) is 36.4 Å². The van der Waals surface area contributed by atoms with Crippen molar-refractivity contribution in [2.45, 2.75) is 13.0 Å². The van der Waals surface area contributed by atoms with Crippen LogP contribution in [0.25, 0.3) is 0 Å². The van der Waals surface area contributed by atoms with Gasteiger partial charge in [-0.25, -0.2) is 8.78 Å². The number of alkyl halides is 2. The van der Waals surface area contributed by atoms with Gasteiger partial charge in [0.15, 0.2) is 0 Å². The number of primary amides is 1. The number of halogens is 2. The van der Waals surface area contributed by atoms with Gasteiger partial charge in [-0.15, -0.1) is 0 Å². The molecule has 0 aromatic heterocycles. The molecule has 3 aromatic carbocycles. The van der Waals surface area contributed by atoms with E-state index in [1.54, 1.807) is 36.4 Å². The van der Waals surface area contributed by atoms with Crippen molar-refractivity contribution in [3.8, 4) is 0 Å². The van der Waals surface area contributed by atoms with Gasteiger partial charge in [0.05, 0.1) is 6.54 Å². The largest absolute Gasteiger partial charge is 0.368 e. The maximum atomic E-state index is 12.8. The number of carbonyl (C=O) groups is 2. The Balaban J connectivity index is 0.000000426. The summed E-state index contributed by atoms with van der Waals surface area (Å²) in [5.74, 6) is -1.05. The zero-order chi connectivity index (χ0) is 21.1. The van der Waals surface area contributed by atoms with Crippen LogP contribution in [0.3, 0.4) is 0 Å². The van der Waals surface area contributed by atoms with Crippen molar-refractivity contribution in [3.63, 3.8) is 0 Å². The summed E-state index contributed by atoms with van der Waals surface area (Å²) < 4.78 is 25.5. The second-order valence-electron chi connectivity index (χ2n) is 6.19. The molecule has 0 aliphatic rings. The molecule has 0 spiro atoms. The molecule has 2 N–H and O–H groups in total. The molecular weight excluding hydrogens is 374 g/mol. The van der Waals surface area contributed by atoms with Crippen LogP contribution in [0, 0.1) is 0 Å². The monoisotopic (exact) mass is 396 g/mol. The average molecular weight is 396 g/mol. The Kier molecular flexibility index (Phi) is 8.51. The van der Waals surface area contributed by atoms with Gasteiger partial charge in [0, 0.05) is 17.7 Å². The van der Waals surface area contributed by atoms with Crippen LogP contribution in [0.5, 0.6) is 0 Å². The first-order chi connectivity index (χ1) is 14.0. The van der Waals surface area contributed by atoms with Crippen molar-refractivity contribution >= 4 is 11.8 Å². The number of amides is 2. The molecule has 0 aliphatic carbocycles. The van der Waals surface area contributed by atoms with Crippen LogP contribution in [0.15, 0.2) is 91.0 Å². The van der Waals surface area contributed by atoms with Crippen LogP contribution in [-0.2, 0) is 11.3 Å². The van der Waals surface area contributed by atoms with Crippen LogP contribution in [0.2, 0.25) is 0 Å². The summed E-state index contributed by atoms with van der Waals surface area (Å²) >= 11 is 0. The van der Waals surface area contributed by atoms with Crippen molar-refractivity contribution in [1.82, 2.24) is 4.90 Å². The van der Waals surface area contributed by atoms with Gasteiger partial charge in [-0.2, -0.15) is 0 Å². The predicted octanol–water partition coefficient (Wildman–Crippen LogP) is 4.44. The Bertz CT molecular complexity index is 876. The molecule has 0 unspecified atom stereocenters. The first-order valence-corrected chi connectivity index (χ1v) is 8.97. The van der Waals surface area contributed by atoms with Gasteiger partial charge in [0.25, 0.3) is 12.3 Å². The fraction of sp³-hybridized carbons (Fsp3) is 0.130. The summed E-state index contributed by atoms with van der Waals surface area (Å²) in [6, 6.07) is 26.1. The first kappa shape index (κ1) is 21.8. The standard InChI is InChI=1S/C17H16F2N2O2.C6H6/c18-16(19)14-8-4-5-12(9-14)10-21(11-15(20)22)17(23)13-6-2-1-3-7-13;1-2-4-6-5-3-1/h1-9,16H,10-11H2,(H2,20,22);1-6H. The van der Waals surface area contributed by atoms with Gasteiger partial charge >= 0.3 is 0 Å². The van der Waals surface area contributed by atoms with Crippen LogP contribution in [0.4, 0.5) is 8.78 Å². The van der Waals surface area contributed by atoms with Gasteiger partial charge in [0.2, 0.25) is 5.91 Å². The highest BCUT2D eigenvalue weighted by atomic mass is 19.3. The second kappa shape index (κ2) is 11.3. The molecule has 0 saturated carbocycles. The minimum atomic E-state index is -2.59. The molecule has 3 aromatic rings. The van der Waals surface area contributed by atoms with Gasteiger partial charge < -0.3 is 10.6 Å². The van der Waals surface area contributed by atoms with Crippen molar-refractivity contribution in [2.75, 3.05) is 6.54 Å². The molecule has 150 valence electrons. The number of nitrogens with two attached hydrogens (primary N) is 1. The summed E-state index contributed by atoms with van der Waals surface area (Å²) in [4.78, 5) is 24.9.